The molecule has 33 heavy (non-hydrogen) atoms. The first-order valence-electron chi connectivity index (χ1n) is 11.2. The molecule has 1 heterocycles. The third kappa shape index (κ3) is 5.07. The highest BCUT2D eigenvalue weighted by atomic mass is 35.5. The summed E-state index contributed by atoms with van der Waals surface area (Å²) in [6, 6.07) is 7.79. The van der Waals surface area contributed by atoms with Crippen molar-refractivity contribution in [2.45, 2.75) is 60.9 Å². The Morgan fingerprint density at radius 2 is 1.64 bits per heavy atom. The second-order valence-electron chi connectivity index (χ2n) is 10.7. The number of hydrogen-bond donors (Lipinski definition) is 0. The highest BCUT2D eigenvalue weighted by molar-refractivity contribution is 6.36. The van der Waals surface area contributed by atoms with Crippen LogP contribution in [0.15, 0.2) is 41.3 Å². The monoisotopic (exact) mass is 491 g/mol. The van der Waals surface area contributed by atoms with Crippen LogP contribution in [-0.4, -0.2) is 11.2 Å². The Kier molecular flexibility index (Phi) is 7.21. The maximum Gasteiger partial charge on any atom is 0.200 e. The molecule has 0 bridgehead atoms. The predicted molar refractivity (Wildman–Crippen MR) is 137 cm³/mol. The SMILES string of the molecule is CCCOc1ccc(F)c2c(=O)c(-c3ccc(Cl)cc3Cl)cn(C(C(C)(C)C)C(C)(C)C)c12. The molecule has 0 aliphatic rings. The summed E-state index contributed by atoms with van der Waals surface area (Å²) >= 11 is 12.6. The van der Waals surface area contributed by atoms with Crippen LogP contribution in [0.3, 0.4) is 0 Å². The third-order valence-corrected chi connectivity index (χ3v) is 6.24. The molecular formula is C27H32Cl2FNO2. The standard InChI is InChI=1S/C27H32Cl2FNO2/c1-8-13-33-21-12-11-20(30)22-23(21)31(25(26(2,3)4)27(5,6)7)15-18(24(22)32)17-10-9-16(28)14-19(17)29/h9-12,14-15,25H,8,13H2,1-7H3. The van der Waals surface area contributed by atoms with Crippen molar-refractivity contribution in [1.82, 2.24) is 4.57 Å². The quantitative estimate of drug-likeness (QED) is 0.357. The summed E-state index contributed by atoms with van der Waals surface area (Å²) in [6.45, 7) is 15.4. The molecule has 6 heteroatoms. The van der Waals surface area contributed by atoms with Crippen LogP contribution in [-0.2, 0) is 0 Å². The number of halogens is 3. The first-order valence-corrected chi connectivity index (χ1v) is 12.0. The van der Waals surface area contributed by atoms with Crippen LogP contribution in [0.5, 0.6) is 5.75 Å². The van der Waals surface area contributed by atoms with Crippen molar-refractivity contribution < 1.29 is 9.13 Å². The van der Waals surface area contributed by atoms with E-state index < -0.39 is 11.2 Å². The molecule has 0 fully saturated rings. The van der Waals surface area contributed by atoms with Gasteiger partial charge in [-0.05, 0) is 41.5 Å². The van der Waals surface area contributed by atoms with E-state index >= 15 is 4.39 Å². The minimum atomic E-state index is -0.582. The number of aromatic nitrogens is 1. The van der Waals surface area contributed by atoms with Gasteiger partial charge in [-0.2, -0.15) is 0 Å². The van der Waals surface area contributed by atoms with Crippen LogP contribution >= 0.6 is 23.2 Å². The molecule has 0 saturated carbocycles. The zero-order valence-corrected chi connectivity index (χ0v) is 21.9. The van der Waals surface area contributed by atoms with E-state index in [0.29, 0.717) is 39.0 Å². The van der Waals surface area contributed by atoms with Gasteiger partial charge < -0.3 is 9.30 Å². The zero-order chi connectivity index (χ0) is 24.7. The lowest BCUT2D eigenvalue weighted by atomic mass is 9.71. The van der Waals surface area contributed by atoms with Gasteiger partial charge in [0.05, 0.1) is 22.5 Å². The molecule has 0 aliphatic carbocycles. The van der Waals surface area contributed by atoms with E-state index in [9.17, 15) is 4.79 Å². The second kappa shape index (κ2) is 9.31. The van der Waals surface area contributed by atoms with Gasteiger partial charge in [0.15, 0.2) is 5.43 Å². The lowest BCUT2D eigenvalue weighted by Crippen LogP contribution is -2.36. The van der Waals surface area contributed by atoms with Crippen molar-refractivity contribution in [1.29, 1.82) is 0 Å². The first kappa shape index (κ1) is 25.6. The number of rotatable bonds is 5. The summed E-state index contributed by atoms with van der Waals surface area (Å²) in [4.78, 5) is 13.7. The van der Waals surface area contributed by atoms with Gasteiger partial charge in [-0.25, -0.2) is 4.39 Å². The number of ether oxygens (including phenoxy) is 1. The number of fused-ring (bicyclic) bond motifs is 1. The molecule has 0 saturated heterocycles. The summed E-state index contributed by atoms with van der Waals surface area (Å²) in [5.41, 5.74) is 0.464. The Labute approximate surface area is 205 Å². The number of benzene rings is 2. The first-order chi connectivity index (χ1) is 15.3. The minimum absolute atomic E-state index is 0.00520. The Bertz CT molecular complexity index is 1220. The molecule has 0 spiro atoms. The summed E-state index contributed by atoms with van der Waals surface area (Å²) in [7, 11) is 0. The maximum atomic E-state index is 15.3. The smallest absolute Gasteiger partial charge is 0.200 e. The van der Waals surface area contributed by atoms with E-state index in [1.54, 1.807) is 30.5 Å². The van der Waals surface area contributed by atoms with Crippen LogP contribution in [0.25, 0.3) is 22.0 Å². The van der Waals surface area contributed by atoms with Gasteiger partial charge in [0.2, 0.25) is 0 Å². The Morgan fingerprint density at radius 1 is 1.00 bits per heavy atom. The molecular weight excluding hydrogens is 460 g/mol. The number of nitrogens with zero attached hydrogens (tertiary/aromatic N) is 1. The van der Waals surface area contributed by atoms with Crippen molar-refractivity contribution in [3.05, 3.63) is 62.6 Å². The molecule has 0 unspecified atom stereocenters. The fraction of sp³-hybridized carbons (Fsp3) is 0.444. The Balaban J connectivity index is 2.55. The van der Waals surface area contributed by atoms with Gasteiger partial charge >= 0.3 is 0 Å². The molecule has 0 N–H and O–H groups in total. The fourth-order valence-electron chi connectivity index (χ4n) is 4.98. The molecule has 0 radical (unpaired) electrons. The van der Waals surface area contributed by atoms with Gasteiger partial charge in [-0.1, -0.05) is 77.7 Å². The molecule has 3 rings (SSSR count). The summed E-state index contributed by atoms with van der Waals surface area (Å²) in [6.07, 6.45) is 2.60. The second-order valence-corrected chi connectivity index (χ2v) is 11.5. The van der Waals surface area contributed by atoms with Gasteiger partial charge in [-0.15, -0.1) is 0 Å². The van der Waals surface area contributed by atoms with Crippen LogP contribution in [0, 0.1) is 16.6 Å². The Hall–Kier alpha value is -2.04. The van der Waals surface area contributed by atoms with Crippen LogP contribution in [0.2, 0.25) is 10.0 Å². The van der Waals surface area contributed by atoms with Crippen molar-refractivity contribution in [2.75, 3.05) is 6.61 Å². The average Bonchev–Trinajstić information content (AvgIpc) is 2.67. The van der Waals surface area contributed by atoms with E-state index in [1.807, 2.05) is 11.5 Å². The number of hydrogen-bond acceptors (Lipinski definition) is 2. The zero-order valence-electron chi connectivity index (χ0n) is 20.4. The topological polar surface area (TPSA) is 31.2 Å². The third-order valence-electron chi connectivity index (χ3n) is 5.69. The van der Waals surface area contributed by atoms with Crippen LogP contribution in [0.1, 0.15) is 60.9 Å². The van der Waals surface area contributed by atoms with Gasteiger partial charge in [0.25, 0.3) is 0 Å². The summed E-state index contributed by atoms with van der Waals surface area (Å²) in [5.74, 6) is -0.0845. The lowest BCUT2D eigenvalue weighted by Gasteiger charge is -2.43. The van der Waals surface area contributed by atoms with E-state index in [0.717, 1.165) is 6.42 Å². The average molecular weight is 492 g/mol. The summed E-state index contributed by atoms with van der Waals surface area (Å²) < 4.78 is 23.4. The molecule has 178 valence electrons. The lowest BCUT2D eigenvalue weighted by molar-refractivity contribution is 0.114. The molecule has 3 nitrogen and oxygen atoms in total. The van der Waals surface area contributed by atoms with Crippen molar-refractivity contribution in [3.8, 4) is 16.9 Å². The van der Waals surface area contributed by atoms with E-state index in [-0.39, 0.29) is 22.3 Å². The fourth-order valence-corrected chi connectivity index (χ4v) is 5.49. The summed E-state index contributed by atoms with van der Waals surface area (Å²) in [5, 5.41) is 0.812. The van der Waals surface area contributed by atoms with Gasteiger partial charge in [-0.3, -0.25) is 4.79 Å². The Morgan fingerprint density at radius 3 is 2.18 bits per heavy atom. The van der Waals surface area contributed by atoms with E-state index in [2.05, 4.69) is 41.5 Å². The van der Waals surface area contributed by atoms with Gasteiger partial charge in [0.1, 0.15) is 11.6 Å². The van der Waals surface area contributed by atoms with Gasteiger partial charge in [0, 0.05) is 28.4 Å². The van der Waals surface area contributed by atoms with Crippen LogP contribution < -0.4 is 10.2 Å². The van der Waals surface area contributed by atoms with Crippen molar-refractivity contribution in [2.24, 2.45) is 10.8 Å². The maximum absolute atomic E-state index is 15.3. The normalized spacial score (nSPS) is 12.6. The van der Waals surface area contributed by atoms with Crippen molar-refractivity contribution in [3.63, 3.8) is 0 Å². The molecule has 3 aromatic rings. The largest absolute Gasteiger partial charge is 0.491 e. The minimum Gasteiger partial charge on any atom is -0.491 e. The molecule has 0 aliphatic heterocycles. The molecule has 1 aromatic heterocycles. The highest BCUT2D eigenvalue weighted by Crippen LogP contribution is 2.47. The van der Waals surface area contributed by atoms with E-state index in [1.165, 1.54) is 6.07 Å². The number of pyridine rings is 1. The van der Waals surface area contributed by atoms with Crippen LogP contribution in [0.4, 0.5) is 4.39 Å². The van der Waals surface area contributed by atoms with Crippen molar-refractivity contribution >= 4 is 34.1 Å². The predicted octanol–water partition coefficient (Wildman–Crippen LogP) is 8.54. The van der Waals surface area contributed by atoms with E-state index in [4.69, 9.17) is 27.9 Å². The highest BCUT2D eigenvalue weighted by Gasteiger charge is 2.38. The molecule has 0 amide bonds. The molecule has 0 atom stereocenters. The molecule has 2 aromatic carbocycles.